The summed E-state index contributed by atoms with van der Waals surface area (Å²) in [5.41, 5.74) is 15.0. The number of benzene rings is 2. The van der Waals surface area contributed by atoms with Crippen LogP contribution in [0.15, 0.2) is 42.5 Å². The van der Waals surface area contributed by atoms with Crippen LogP contribution in [-0.2, 0) is 16.1 Å². The smallest absolute Gasteiger partial charge is 0.338 e. The second-order valence-corrected chi connectivity index (χ2v) is 5.83. The zero-order valence-electron chi connectivity index (χ0n) is 13.9. The highest BCUT2D eigenvalue weighted by Gasteiger charge is 2.16. The molecule has 1 amide bonds. The van der Waals surface area contributed by atoms with E-state index in [1.807, 2.05) is 26.0 Å². The first-order valence-electron chi connectivity index (χ1n) is 7.75. The quantitative estimate of drug-likeness (QED) is 0.795. The average Bonchev–Trinajstić information content (AvgIpc) is 2.54. The van der Waals surface area contributed by atoms with Crippen molar-refractivity contribution < 1.29 is 14.3 Å². The summed E-state index contributed by atoms with van der Waals surface area (Å²) in [6, 6.07) is 12.8. The van der Waals surface area contributed by atoms with Gasteiger partial charge < -0.3 is 16.2 Å². The molecular formula is C19H22N2O3. The highest BCUT2D eigenvalue weighted by Crippen LogP contribution is 2.17. The maximum Gasteiger partial charge on any atom is 0.338 e. The molecule has 2 rings (SSSR count). The fraction of sp³-hybridized carbons (Fsp3) is 0.263. The predicted octanol–water partition coefficient (Wildman–Crippen LogP) is 2.19. The van der Waals surface area contributed by atoms with E-state index in [0.29, 0.717) is 5.56 Å². The SMILES string of the molecule is Cc1ccc(C(=O)OCc2ccc(C(CN)C(N)=O)cc2)c(C)c1. The molecule has 0 saturated carbocycles. The normalized spacial score (nSPS) is 11.8. The minimum atomic E-state index is -0.503. The van der Waals surface area contributed by atoms with Gasteiger partial charge in [-0.1, -0.05) is 42.0 Å². The van der Waals surface area contributed by atoms with Crippen LogP contribution in [0.2, 0.25) is 0 Å². The fourth-order valence-electron chi connectivity index (χ4n) is 2.53. The summed E-state index contributed by atoms with van der Waals surface area (Å²) in [6.45, 7) is 4.19. The van der Waals surface area contributed by atoms with E-state index in [2.05, 4.69) is 0 Å². The number of amides is 1. The molecule has 0 saturated heterocycles. The van der Waals surface area contributed by atoms with E-state index < -0.39 is 11.8 Å². The molecule has 0 spiro atoms. The van der Waals surface area contributed by atoms with Gasteiger partial charge in [0, 0.05) is 6.54 Å². The van der Waals surface area contributed by atoms with Crippen LogP contribution in [0.4, 0.5) is 0 Å². The van der Waals surface area contributed by atoms with Crippen molar-refractivity contribution in [2.24, 2.45) is 11.5 Å². The maximum absolute atomic E-state index is 12.2. The molecule has 2 aromatic carbocycles. The van der Waals surface area contributed by atoms with Gasteiger partial charge in [0.1, 0.15) is 6.61 Å². The molecule has 0 bridgehead atoms. The van der Waals surface area contributed by atoms with Crippen LogP contribution in [0.3, 0.4) is 0 Å². The molecule has 1 atom stereocenters. The molecule has 0 aliphatic carbocycles. The second kappa shape index (κ2) is 7.75. The Morgan fingerprint density at radius 3 is 2.29 bits per heavy atom. The maximum atomic E-state index is 12.2. The lowest BCUT2D eigenvalue weighted by Gasteiger charge is -2.12. The van der Waals surface area contributed by atoms with E-state index in [4.69, 9.17) is 16.2 Å². The summed E-state index contributed by atoms with van der Waals surface area (Å²) in [5, 5.41) is 0. The first-order chi connectivity index (χ1) is 11.4. The van der Waals surface area contributed by atoms with Gasteiger partial charge >= 0.3 is 5.97 Å². The second-order valence-electron chi connectivity index (χ2n) is 5.83. The Labute approximate surface area is 141 Å². The van der Waals surface area contributed by atoms with Gasteiger partial charge in [-0.3, -0.25) is 4.79 Å². The monoisotopic (exact) mass is 326 g/mol. The minimum Gasteiger partial charge on any atom is -0.457 e. The van der Waals surface area contributed by atoms with Crippen LogP contribution < -0.4 is 11.5 Å². The van der Waals surface area contributed by atoms with Crippen LogP contribution in [0.1, 0.15) is 38.5 Å². The number of ether oxygens (including phenoxy) is 1. The molecule has 0 aromatic heterocycles. The fourth-order valence-corrected chi connectivity index (χ4v) is 2.53. The zero-order chi connectivity index (χ0) is 17.7. The van der Waals surface area contributed by atoms with Crippen molar-refractivity contribution in [3.05, 3.63) is 70.3 Å². The molecule has 0 heterocycles. The van der Waals surface area contributed by atoms with Gasteiger partial charge in [-0.25, -0.2) is 4.79 Å². The van der Waals surface area contributed by atoms with Gasteiger partial charge in [0.2, 0.25) is 5.91 Å². The van der Waals surface area contributed by atoms with Crippen LogP contribution in [0.5, 0.6) is 0 Å². The Kier molecular flexibility index (Phi) is 5.71. The van der Waals surface area contributed by atoms with Crippen molar-refractivity contribution >= 4 is 11.9 Å². The van der Waals surface area contributed by atoms with Crippen LogP contribution in [-0.4, -0.2) is 18.4 Å². The molecule has 5 heteroatoms. The molecule has 24 heavy (non-hydrogen) atoms. The lowest BCUT2D eigenvalue weighted by atomic mass is 9.97. The number of primary amides is 1. The summed E-state index contributed by atoms with van der Waals surface area (Å²) in [7, 11) is 0. The van der Waals surface area contributed by atoms with Crippen molar-refractivity contribution in [2.75, 3.05) is 6.54 Å². The van der Waals surface area contributed by atoms with E-state index in [0.717, 1.165) is 22.3 Å². The number of carbonyl (C=O) groups is 2. The lowest BCUT2D eigenvalue weighted by molar-refractivity contribution is -0.119. The summed E-state index contributed by atoms with van der Waals surface area (Å²) in [4.78, 5) is 23.5. The zero-order valence-corrected chi connectivity index (χ0v) is 13.9. The third kappa shape index (κ3) is 4.20. The number of hydrogen-bond acceptors (Lipinski definition) is 4. The summed E-state index contributed by atoms with van der Waals surface area (Å²) in [5.74, 6) is -1.31. The summed E-state index contributed by atoms with van der Waals surface area (Å²) in [6.07, 6.45) is 0. The molecule has 0 fully saturated rings. The Balaban J connectivity index is 2.01. The highest BCUT2D eigenvalue weighted by molar-refractivity contribution is 5.91. The van der Waals surface area contributed by atoms with Crippen LogP contribution >= 0.6 is 0 Å². The Morgan fingerprint density at radius 1 is 1.08 bits per heavy atom. The molecule has 2 aromatic rings. The highest BCUT2D eigenvalue weighted by atomic mass is 16.5. The van der Waals surface area contributed by atoms with Gasteiger partial charge in [-0.05, 0) is 36.6 Å². The topological polar surface area (TPSA) is 95.4 Å². The molecule has 4 N–H and O–H groups in total. The first kappa shape index (κ1) is 17.7. The Bertz CT molecular complexity index is 739. The number of carbonyl (C=O) groups excluding carboxylic acids is 2. The number of aryl methyl sites for hydroxylation is 2. The van der Waals surface area contributed by atoms with Crippen molar-refractivity contribution in [3.63, 3.8) is 0 Å². The lowest BCUT2D eigenvalue weighted by Crippen LogP contribution is -2.27. The van der Waals surface area contributed by atoms with Crippen LogP contribution in [0.25, 0.3) is 0 Å². The molecular weight excluding hydrogens is 304 g/mol. The minimum absolute atomic E-state index is 0.163. The molecule has 0 aliphatic rings. The third-order valence-corrected chi connectivity index (χ3v) is 3.93. The van der Waals surface area contributed by atoms with Gasteiger partial charge in [0.25, 0.3) is 0 Å². The largest absolute Gasteiger partial charge is 0.457 e. The van der Waals surface area contributed by atoms with Gasteiger partial charge in [-0.2, -0.15) is 0 Å². The Hall–Kier alpha value is -2.66. The van der Waals surface area contributed by atoms with Gasteiger partial charge in [-0.15, -0.1) is 0 Å². The van der Waals surface area contributed by atoms with E-state index in [9.17, 15) is 9.59 Å². The standard InChI is InChI=1S/C19H22N2O3/c1-12-3-8-16(13(2)9-12)19(23)24-11-14-4-6-15(7-5-14)17(10-20)18(21)22/h3-9,17H,10-11,20H2,1-2H3,(H2,21,22). The van der Waals surface area contributed by atoms with E-state index >= 15 is 0 Å². The van der Waals surface area contributed by atoms with Gasteiger partial charge in [0.05, 0.1) is 11.5 Å². The van der Waals surface area contributed by atoms with Crippen molar-refractivity contribution in [1.82, 2.24) is 0 Å². The Morgan fingerprint density at radius 2 is 1.75 bits per heavy atom. The van der Waals surface area contributed by atoms with E-state index in [-0.39, 0.29) is 19.1 Å². The van der Waals surface area contributed by atoms with Gasteiger partial charge in [0.15, 0.2) is 0 Å². The van der Waals surface area contributed by atoms with Crippen molar-refractivity contribution in [3.8, 4) is 0 Å². The number of rotatable bonds is 6. The number of nitrogens with two attached hydrogens (primary N) is 2. The molecule has 1 unspecified atom stereocenters. The molecule has 0 radical (unpaired) electrons. The van der Waals surface area contributed by atoms with E-state index in [1.54, 1.807) is 30.3 Å². The molecule has 126 valence electrons. The number of hydrogen-bond donors (Lipinski definition) is 2. The van der Waals surface area contributed by atoms with Crippen molar-refractivity contribution in [1.29, 1.82) is 0 Å². The van der Waals surface area contributed by atoms with Crippen molar-refractivity contribution in [2.45, 2.75) is 26.4 Å². The summed E-state index contributed by atoms with van der Waals surface area (Å²) >= 11 is 0. The average molecular weight is 326 g/mol. The van der Waals surface area contributed by atoms with E-state index in [1.165, 1.54) is 0 Å². The predicted molar refractivity (Wildman–Crippen MR) is 92.5 cm³/mol. The third-order valence-electron chi connectivity index (χ3n) is 3.93. The number of esters is 1. The summed E-state index contributed by atoms with van der Waals surface area (Å²) < 4.78 is 5.35. The molecule has 0 aliphatic heterocycles. The molecule has 5 nitrogen and oxygen atoms in total. The van der Waals surface area contributed by atoms with Crippen LogP contribution in [0, 0.1) is 13.8 Å². The first-order valence-corrected chi connectivity index (χ1v) is 7.75.